The van der Waals surface area contributed by atoms with Crippen molar-refractivity contribution < 1.29 is 23.6 Å². The molecule has 0 aromatic rings. The highest BCUT2D eigenvalue weighted by Crippen LogP contribution is 2.31. The molecule has 2 saturated carbocycles. The first kappa shape index (κ1) is 30.8. The number of hydrogen-bond donors (Lipinski definition) is 2. The van der Waals surface area contributed by atoms with Crippen molar-refractivity contribution in [2.24, 2.45) is 17.0 Å². The molecule has 3 rings (SSSR count). The number of hydrogen-bond acceptors (Lipinski definition) is 5. The van der Waals surface area contributed by atoms with E-state index >= 15 is 0 Å². The Labute approximate surface area is 230 Å². The summed E-state index contributed by atoms with van der Waals surface area (Å²) < 4.78 is 19.4. The van der Waals surface area contributed by atoms with E-state index in [2.05, 4.69) is 29.0 Å². The lowest BCUT2D eigenvalue weighted by Gasteiger charge is -2.42. The number of aliphatic hydroxyl groups excluding tert-OH is 1. The molecule has 0 bridgehead atoms. The van der Waals surface area contributed by atoms with Gasteiger partial charge in [0, 0.05) is 13.2 Å². The fraction of sp³-hybridized carbons (Fsp3) is 0.767. The van der Waals surface area contributed by atoms with Crippen LogP contribution < -0.4 is 5.32 Å². The molecule has 216 valence electrons. The van der Waals surface area contributed by atoms with Gasteiger partial charge in [-0.3, -0.25) is 5.32 Å². The number of halogens is 1. The molecule has 0 aromatic heterocycles. The molecule has 0 spiro atoms. The van der Waals surface area contributed by atoms with Crippen molar-refractivity contribution >= 4 is 6.34 Å². The van der Waals surface area contributed by atoms with Crippen LogP contribution in [-0.2, 0) is 9.57 Å². The van der Waals surface area contributed by atoms with Gasteiger partial charge in [-0.25, -0.2) is 4.39 Å². The quantitative estimate of drug-likeness (QED) is 0.0653. The predicted molar refractivity (Wildman–Crippen MR) is 152 cm³/mol. The van der Waals surface area contributed by atoms with E-state index in [1.54, 1.807) is 12.4 Å². The summed E-state index contributed by atoms with van der Waals surface area (Å²) in [6.07, 6.45) is 18.0. The standard InChI is InChI=1S/C30H52FN4O3/c1-5-28(13-6-24(2)31)38-32-23-34-17-20-35(3,21-18-34)19-16-25-7-11-27(12-8-25)33-30(36)22-26-9-14-29(37-4)15-10-26/h5-6,13,23,25-27,29-30,33,36H,2,7-12,14-22H2,1,3-4H3/q+1/b13-6-,28-5+,32-23+. The minimum Gasteiger partial charge on any atom is -0.381 e. The smallest absolute Gasteiger partial charge is 0.153 e. The van der Waals surface area contributed by atoms with E-state index in [1.807, 2.05) is 14.0 Å². The van der Waals surface area contributed by atoms with Gasteiger partial charge in [0.15, 0.2) is 5.76 Å². The van der Waals surface area contributed by atoms with E-state index < -0.39 is 5.83 Å². The van der Waals surface area contributed by atoms with E-state index in [0.717, 1.165) is 55.8 Å². The Bertz CT molecular complexity index is 793. The molecule has 3 aliphatic rings. The Morgan fingerprint density at radius 1 is 1.11 bits per heavy atom. The summed E-state index contributed by atoms with van der Waals surface area (Å²) in [5.74, 6) is 1.40. The van der Waals surface area contributed by atoms with Crippen LogP contribution in [0.5, 0.6) is 0 Å². The number of aliphatic hydroxyl groups is 1. The number of ether oxygens (including phenoxy) is 1. The van der Waals surface area contributed by atoms with Gasteiger partial charge in [0.1, 0.15) is 18.4 Å². The number of methoxy groups -OCH3 is 1. The van der Waals surface area contributed by atoms with Crippen molar-refractivity contribution in [1.29, 1.82) is 0 Å². The lowest BCUT2D eigenvalue weighted by molar-refractivity contribution is -0.913. The van der Waals surface area contributed by atoms with E-state index in [9.17, 15) is 9.50 Å². The highest BCUT2D eigenvalue weighted by Gasteiger charge is 2.31. The Balaban J connectivity index is 1.28. The maximum Gasteiger partial charge on any atom is 0.153 e. The summed E-state index contributed by atoms with van der Waals surface area (Å²) in [7, 11) is 4.19. The van der Waals surface area contributed by atoms with Crippen molar-refractivity contribution in [2.45, 2.75) is 89.5 Å². The minimum absolute atomic E-state index is 0.369. The molecule has 3 fully saturated rings. The number of allylic oxidation sites excluding steroid dienone is 4. The lowest BCUT2D eigenvalue weighted by Crippen LogP contribution is -2.57. The zero-order valence-electron chi connectivity index (χ0n) is 24.0. The third kappa shape index (κ3) is 10.8. The van der Waals surface area contributed by atoms with Crippen molar-refractivity contribution in [3.63, 3.8) is 0 Å². The molecule has 38 heavy (non-hydrogen) atoms. The first-order valence-corrected chi connectivity index (χ1v) is 14.7. The van der Waals surface area contributed by atoms with Crippen LogP contribution in [0.2, 0.25) is 0 Å². The Morgan fingerprint density at radius 2 is 1.76 bits per heavy atom. The molecule has 0 radical (unpaired) electrons. The van der Waals surface area contributed by atoms with Crippen molar-refractivity contribution in [3.8, 4) is 0 Å². The molecule has 1 aliphatic heterocycles. The summed E-state index contributed by atoms with van der Waals surface area (Å²) in [6, 6.07) is 0.459. The second-order valence-corrected chi connectivity index (χ2v) is 11.9. The van der Waals surface area contributed by atoms with Crippen LogP contribution >= 0.6 is 0 Å². The first-order chi connectivity index (χ1) is 18.3. The van der Waals surface area contributed by atoms with Gasteiger partial charge >= 0.3 is 0 Å². The number of oxime groups is 1. The average molecular weight is 536 g/mol. The van der Waals surface area contributed by atoms with Gasteiger partial charge in [-0.15, -0.1) is 0 Å². The van der Waals surface area contributed by atoms with Gasteiger partial charge < -0.3 is 24.1 Å². The van der Waals surface area contributed by atoms with E-state index in [0.29, 0.717) is 23.8 Å². The van der Waals surface area contributed by atoms with Gasteiger partial charge in [-0.2, -0.15) is 0 Å². The van der Waals surface area contributed by atoms with Crippen molar-refractivity contribution in [2.75, 3.05) is 46.9 Å². The number of rotatable bonds is 13. The van der Waals surface area contributed by atoms with E-state index in [4.69, 9.17) is 9.57 Å². The SMILES string of the molecule is C=C(F)/C=C\C(=C/C)O/N=C/N1CC[N+](C)(CCC2CCC(NC(O)CC3CCC(OC)CC3)CC2)CC1. The van der Waals surface area contributed by atoms with Gasteiger partial charge in [0.2, 0.25) is 0 Å². The number of nitrogens with one attached hydrogen (secondary N) is 1. The third-order valence-corrected chi connectivity index (χ3v) is 8.97. The van der Waals surface area contributed by atoms with Gasteiger partial charge in [0.05, 0.1) is 45.9 Å². The number of nitrogens with zero attached hydrogens (tertiary/aromatic N) is 3. The van der Waals surface area contributed by atoms with Crippen LogP contribution in [0, 0.1) is 11.8 Å². The van der Waals surface area contributed by atoms with Crippen LogP contribution in [0.3, 0.4) is 0 Å². The molecule has 8 heteroatoms. The second kappa shape index (κ2) is 15.8. The maximum atomic E-state index is 12.8. The van der Waals surface area contributed by atoms with Crippen LogP contribution in [0.4, 0.5) is 4.39 Å². The zero-order chi connectivity index (χ0) is 27.4. The van der Waals surface area contributed by atoms with Crippen LogP contribution in [0.1, 0.15) is 71.1 Å². The number of likely N-dealkylation sites (N-methyl/N-ethyl adjacent to an activating group) is 1. The van der Waals surface area contributed by atoms with Gasteiger partial charge in [-0.1, -0.05) is 11.7 Å². The molecular formula is C30H52FN4O3+. The third-order valence-electron chi connectivity index (χ3n) is 8.97. The fourth-order valence-electron chi connectivity index (χ4n) is 6.18. The monoisotopic (exact) mass is 535 g/mol. The first-order valence-electron chi connectivity index (χ1n) is 14.7. The summed E-state index contributed by atoms with van der Waals surface area (Å²) >= 11 is 0. The maximum absolute atomic E-state index is 12.8. The molecule has 1 unspecified atom stereocenters. The highest BCUT2D eigenvalue weighted by molar-refractivity contribution is 5.54. The highest BCUT2D eigenvalue weighted by atomic mass is 19.1. The molecule has 1 atom stereocenters. The minimum atomic E-state index is -0.514. The topological polar surface area (TPSA) is 66.3 Å². The van der Waals surface area contributed by atoms with E-state index in [1.165, 1.54) is 63.6 Å². The molecule has 2 N–H and O–H groups in total. The van der Waals surface area contributed by atoms with Crippen molar-refractivity contribution in [1.82, 2.24) is 10.2 Å². The van der Waals surface area contributed by atoms with Crippen molar-refractivity contribution in [3.05, 3.63) is 36.4 Å². The molecule has 1 saturated heterocycles. The van der Waals surface area contributed by atoms with Crippen LogP contribution in [-0.4, -0.2) is 86.1 Å². The molecule has 2 aliphatic carbocycles. The lowest BCUT2D eigenvalue weighted by atomic mass is 9.83. The predicted octanol–water partition coefficient (Wildman–Crippen LogP) is 5.10. The van der Waals surface area contributed by atoms with Gasteiger partial charge in [0.25, 0.3) is 0 Å². The second-order valence-electron chi connectivity index (χ2n) is 11.9. The number of quaternary nitrogens is 1. The Hall–Kier alpha value is -1.74. The average Bonchev–Trinajstić information content (AvgIpc) is 2.91. The summed E-state index contributed by atoms with van der Waals surface area (Å²) in [5, 5.41) is 18.2. The van der Waals surface area contributed by atoms with Crippen LogP contribution in [0.25, 0.3) is 0 Å². The fourth-order valence-corrected chi connectivity index (χ4v) is 6.18. The molecule has 7 nitrogen and oxygen atoms in total. The van der Waals surface area contributed by atoms with Crippen LogP contribution in [0.15, 0.2) is 41.5 Å². The number of piperazine rings is 1. The Morgan fingerprint density at radius 3 is 2.37 bits per heavy atom. The zero-order valence-corrected chi connectivity index (χ0v) is 24.0. The molecule has 1 heterocycles. The van der Waals surface area contributed by atoms with Gasteiger partial charge in [-0.05, 0) is 101 Å². The largest absolute Gasteiger partial charge is 0.381 e. The Kier molecular flexibility index (Phi) is 12.8. The summed E-state index contributed by atoms with van der Waals surface area (Å²) in [6.45, 7) is 10.3. The molecule has 0 amide bonds. The van der Waals surface area contributed by atoms with E-state index in [-0.39, 0.29) is 6.23 Å². The summed E-state index contributed by atoms with van der Waals surface area (Å²) in [5.41, 5.74) is 0. The molecular weight excluding hydrogens is 483 g/mol. The molecule has 0 aromatic carbocycles. The summed E-state index contributed by atoms with van der Waals surface area (Å²) in [4.78, 5) is 7.56. The normalized spacial score (nSPS) is 29.6.